The third kappa shape index (κ3) is 2.95. The molecule has 0 radical (unpaired) electrons. The molecule has 23 heavy (non-hydrogen) atoms. The monoisotopic (exact) mass is 316 g/mol. The average molecular weight is 316 g/mol. The summed E-state index contributed by atoms with van der Waals surface area (Å²) in [6, 6.07) is 7.81. The van der Waals surface area contributed by atoms with Crippen LogP contribution in [0.4, 0.5) is 5.69 Å². The predicted molar refractivity (Wildman–Crippen MR) is 87.8 cm³/mol. The predicted octanol–water partition coefficient (Wildman–Crippen LogP) is 1.91. The zero-order valence-electron chi connectivity index (χ0n) is 13.6. The summed E-state index contributed by atoms with van der Waals surface area (Å²) in [5.41, 5.74) is 0.873. The molecule has 2 atom stereocenters. The van der Waals surface area contributed by atoms with Crippen LogP contribution in [0.2, 0.25) is 0 Å². The molecule has 124 valence electrons. The van der Waals surface area contributed by atoms with Crippen molar-refractivity contribution >= 4 is 11.6 Å². The third-order valence-electron chi connectivity index (χ3n) is 5.07. The molecule has 5 heteroatoms. The Balaban J connectivity index is 1.65. The van der Waals surface area contributed by atoms with Gasteiger partial charge in [0.2, 0.25) is 5.91 Å². The van der Waals surface area contributed by atoms with Gasteiger partial charge in [-0.05, 0) is 30.9 Å². The van der Waals surface area contributed by atoms with Gasteiger partial charge in [-0.15, -0.1) is 0 Å². The zero-order chi connectivity index (χ0) is 15.8. The lowest BCUT2D eigenvalue weighted by Crippen LogP contribution is -2.47. The Labute approximate surface area is 137 Å². The average Bonchev–Trinajstić information content (AvgIpc) is 3.27. The summed E-state index contributed by atoms with van der Waals surface area (Å²) in [5, 5.41) is 0. The van der Waals surface area contributed by atoms with E-state index in [0.29, 0.717) is 13.2 Å². The quantitative estimate of drug-likeness (QED) is 0.832. The van der Waals surface area contributed by atoms with E-state index in [1.807, 2.05) is 29.2 Å². The van der Waals surface area contributed by atoms with E-state index in [1.54, 1.807) is 7.11 Å². The molecular formula is C18H24N2O3. The number of carbonyl (C=O) groups excluding carboxylic acids is 1. The van der Waals surface area contributed by atoms with Crippen LogP contribution < -0.4 is 9.64 Å². The topological polar surface area (TPSA) is 42.0 Å². The van der Waals surface area contributed by atoms with Gasteiger partial charge >= 0.3 is 0 Å². The highest BCUT2D eigenvalue weighted by molar-refractivity contribution is 5.99. The normalized spacial score (nSPS) is 27.3. The van der Waals surface area contributed by atoms with Crippen LogP contribution in [-0.4, -0.2) is 56.3 Å². The second kappa shape index (κ2) is 6.13. The van der Waals surface area contributed by atoms with Crippen LogP contribution in [0.3, 0.4) is 0 Å². The Morgan fingerprint density at radius 1 is 1.30 bits per heavy atom. The highest BCUT2D eigenvalue weighted by Crippen LogP contribution is 2.38. The number of hydrogen-bond donors (Lipinski definition) is 0. The molecule has 0 N–H and O–H groups in total. The molecule has 2 heterocycles. The minimum Gasteiger partial charge on any atom is -0.487 e. The number of benzene rings is 1. The molecule has 0 spiro atoms. The number of anilines is 1. The fraction of sp³-hybridized carbons (Fsp3) is 0.611. The van der Waals surface area contributed by atoms with Crippen molar-refractivity contribution in [1.29, 1.82) is 0 Å². The van der Waals surface area contributed by atoms with Gasteiger partial charge in [0.25, 0.3) is 0 Å². The molecule has 0 aromatic heterocycles. The van der Waals surface area contributed by atoms with Crippen LogP contribution in [0.15, 0.2) is 24.3 Å². The molecule has 1 amide bonds. The molecule has 5 nitrogen and oxygen atoms in total. The van der Waals surface area contributed by atoms with Crippen LogP contribution in [0.5, 0.6) is 5.75 Å². The van der Waals surface area contributed by atoms with Gasteiger partial charge in [0.1, 0.15) is 11.9 Å². The fourth-order valence-corrected chi connectivity index (χ4v) is 3.71. The lowest BCUT2D eigenvalue weighted by Gasteiger charge is -2.31. The van der Waals surface area contributed by atoms with Crippen molar-refractivity contribution in [2.75, 3.05) is 38.3 Å². The van der Waals surface area contributed by atoms with E-state index < -0.39 is 0 Å². The van der Waals surface area contributed by atoms with Crippen LogP contribution in [0, 0.1) is 5.92 Å². The fourth-order valence-electron chi connectivity index (χ4n) is 3.71. The Kier molecular flexibility index (Phi) is 3.99. The molecule has 0 unspecified atom stereocenters. The smallest absolute Gasteiger partial charge is 0.244 e. The number of rotatable bonds is 5. The van der Waals surface area contributed by atoms with Crippen molar-refractivity contribution in [1.82, 2.24) is 4.90 Å². The highest BCUT2D eigenvalue weighted by atomic mass is 16.5. The molecule has 2 fully saturated rings. The molecular weight excluding hydrogens is 292 g/mol. The maximum Gasteiger partial charge on any atom is 0.244 e. The molecule has 1 saturated heterocycles. The van der Waals surface area contributed by atoms with Gasteiger partial charge in [0.15, 0.2) is 0 Å². The Morgan fingerprint density at radius 3 is 2.91 bits per heavy atom. The number of para-hydroxylation sites is 2. The first-order chi connectivity index (χ1) is 11.3. The number of ether oxygens (including phenoxy) is 2. The van der Waals surface area contributed by atoms with Crippen molar-refractivity contribution in [3.8, 4) is 5.75 Å². The Morgan fingerprint density at radius 2 is 2.13 bits per heavy atom. The van der Waals surface area contributed by atoms with E-state index >= 15 is 0 Å². The minimum atomic E-state index is -0.0502. The van der Waals surface area contributed by atoms with Gasteiger partial charge in [0, 0.05) is 33.2 Å². The van der Waals surface area contributed by atoms with E-state index in [4.69, 9.17) is 9.47 Å². The highest BCUT2D eigenvalue weighted by Gasteiger charge is 2.44. The lowest BCUT2D eigenvalue weighted by molar-refractivity contribution is -0.123. The summed E-state index contributed by atoms with van der Waals surface area (Å²) in [5.74, 6) is 1.79. The number of fused-ring (bicyclic) bond motifs is 3. The molecule has 4 rings (SSSR count). The number of likely N-dealkylation sites (tertiary alicyclic amines) is 1. The maximum atomic E-state index is 13.2. The third-order valence-corrected chi connectivity index (χ3v) is 5.07. The van der Waals surface area contributed by atoms with E-state index in [9.17, 15) is 4.79 Å². The number of carbonyl (C=O) groups is 1. The number of methoxy groups -OCH3 is 1. The lowest BCUT2D eigenvalue weighted by atomic mass is 10.1. The second-order valence-corrected chi connectivity index (χ2v) is 6.84. The first-order valence-corrected chi connectivity index (χ1v) is 8.56. The number of amides is 1. The van der Waals surface area contributed by atoms with E-state index in [1.165, 1.54) is 12.8 Å². The Bertz CT molecular complexity index is 587. The summed E-state index contributed by atoms with van der Waals surface area (Å²) in [6.45, 7) is 2.98. The summed E-state index contributed by atoms with van der Waals surface area (Å²) in [7, 11) is 1.67. The van der Waals surface area contributed by atoms with Crippen LogP contribution >= 0.6 is 0 Å². The summed E-state index contributed by atoms with van der Waals surface area (Å²) in [6.07, 6.45) is 3.52. The first kappa shape index (κ1) is 15.0. The standard InChI is InChI=1S/C18H24N2O3/c1-22-9-8-20-15-4-2-3-5-17(15)23-14-10-16(18(20)21)19(12-14)11-13-6-7-13/h2-5,13-14,16H,6-12H2,1H3/t14-,16-/m0/s1. The molecule has 1 saturated carbocycles. The van der Waals surface area contributed by atoms with Crippen LogP contribution in [0.25, 0.3) is 0 Å². The van der Waals surface area contributed by atoms with E-state index in [2.05, 4.69) is 4.90 Å². The van der Waals surface area contributed by atoms with Crippen molar-refractivity contribution in [2.45, 2.75) is 31.4 Å². The molecule has 3 aliphatic rings. The van der Waals surface area contributed by atoms with Crippen molar-refractivity contribution < 1.29 is 14.3 Å². The van der Waals surface area contributed by atoms with Gasteiger partial charge in [-0.3, -0.25) is 9.69 Å². The van der Waals surface area contributed by atoms with Gasteiger partial charge in [0.05, 0.1) is 18.3 Å². The van der Waals surface area contributed by atoms with E-state index in [0.717, 1.165) is 36.9 Å². The zero-order valence-corrected chi connectivity index (χ0v) is 13.6. The minimum absolute atomic E-state index is 0.0502. The van der Waals surface area contributed by atoms with Crippen molar-refractivity contribution in [3.05, 3.63) is 24.3 Å². The molecule has 2 aliphatic heterocycles. The van der Waals surface area contributed by atoms with Gasteiger partial charge in [-0.1, -0.05) is 12.1 Å². The Hall–Kier alpha value is -1.59. The first-order valence-electron chi connectivity index (χ1n) is 8.56. The SMILES string of the molecule is COCCN1C(=O)[C@@H]2C[C@@H](CN2CC2CC2)Oc2ccccc21. The summed E-state index contributed by atoms with van der Waals surface area (Å²) >= 11 is 0. The second-order valence-electron chi connectivity index (χ2n) is 6.84. The maximum absolute atomic E-state index is 13.2. The molecule has 1 aromatic carbocycles. The number of nitrogens with zero attached hydrogens (tertiary/aromatic N) is 2. The van der Waals surface area contributed by atoms with Crippen LogP contribution in [-0.2, 0) is 9.53 Å². The van der Waals surface area contributed by atoms with Crippen molar-refractivity contribution in [3.63, 3.8) is 0 Å². The van der Waals surface area contributed by atoms with Crippen LogP contribution in [0.1, 0.15) is 19.3 Å². The molecule has 1 aromatic rings. The van der Waals surface area contributed by atoms with Crippen molar-refractivity contribution in [2.24, 2.45) is 5.92 Å². The van der Waals surface area contributed by atoms with Gasteiger partial charge in [-0.2, -0.15) is 0 Å². The number of hydrogen-bond acceptors (Lipinski definition) is 4. The summed E-state index contributed by atoms with van der Waals surface area (Å²) in [4.78, 5) is 17.4. The molecule has 1 aliphatic carbocycles. The molecule has 2 bridgehead atoms. The van der Waals surface area contributed by atoms with Gasteiger partial charge in [-0.25, -0.2) is 0 Å². The summed E-state index contributed by atoms with van der Waals surface area (Å²) < 4.78 is 11.5. The van der Waals surface area contributed by atoms with Gasteiger partial charge < -0.3 is 14.4 Å². The van der Waals surface area contributed by atoms with E-state index in [-0.39, 0.29) is 18.1 Å². The largest absolute Gasteiger partial charge is 0.487 e.